The van der Waals surface area contributed by atoms with Gasteiger partial charge in [-0.05, 0) is 46.9 Å². The van der Waals surface area contributed by atoms with Crippen LogP contribution in [0.25, 0.3) is 0 Å². The third-order valence-electron chi connectivity index (χ3n) is 3.80. The lowest BCUT2D eigenvalue weighted by molar-refractivity contribution is 0.108. The molecular formula is C20H25NO2S. The Balaban J connectivity index is 2.52. The van der Waals surface area contributed by atoms with Gasteiger partial charge in [0.1, 0.15) is 10.8 Å². The van der Waals surface area contributed by atoms with Crippen LogP contribution in [0.3, 0.4) is 0 Å². The van der Waals surface area contributed by atoms with Crippen molar-refractivity contribution in [3.05, 3.63) is 53.2 Å². The van der Waals surface area contributed by atoms with Crippen molar-refractivity contribution >= 4 is 16.9 Å². The lowest BCUT2D eigenvalue weighted by Gasteiger charge is -2.28. The van der Waals surface area contributed by atoms with Crippen LogP contribution in [-0.4, -0.2) is 15.2 Å². The van der Waals surface area contributed by atoms with Crippen molar-refractivity contribution in [2.24, 2.45) is 0 Å². The molecule has 0 amide bonds. The van der Waals surface area contributed by atoms with Gasteiger partial charge >= 0.3 is 0 Å². The van der Waals surface area contributed by atoms with Crippen LogP contribution >= 0.6 is 11.8 Å². The van der Waals surface area contributed by atoms with E-state index in [1.165, 1.54) is 0 Å². The Morgan fingerprint density at radius 2 is 1.54 bits per heavy atom. The van der Waals surface area contributed by atoms with E-state index in [9.17, 15) is 9.90 Å². The van der Waals surface area contributed by atoms with Crippen molar-refractivity contribution in [3.8, 4) is 5.75 Å². The number of thioether (sulfide) groups is 1. The van der Waals surface area contributed by atoms with Crippen LogP contribution in [0.1, 0.15) is 63.0 Å². The van der Waals surface area contributed by atoms with E-state index < -0.39 is 0 Å². The van der Waals surface area contributed by atoms with E-state index in [0.717, 1.165) is 22.9 Å². The Hall–Kier alpha value is -1.81. The molecule has 0 aliphatic heterocycles. The van der Waals surface area contributed by atoms with Crippen molar-refractivity contribution in [2.45, 2.75) is 57.4 Å². The maximum absolute atomic E-state index is 12.7. The zero-order valence-electron chi connectivity index (χ0n) is 15.2. The first-order chi connectivity index (χ1) is 11.0. The molecule has 128 valence electrons. The van der Waals surface area contributed by atoms with Crippen molar-refractivity contribution in [1.82, 2.24) is 4.98 Å². The molecule has 1 heterocycles. The molecule has 0 unspecified atom stereocenters. The van der Waals surface area contributed by atoms with Crippen LogP contribution in [0.2, 0.25) is 0 Å². The number of phenolic OH excluding ortho intramolecular Hbond substituents is 1. The van der Waals surface area contributed by atoms with E-state index in [-0.39, 0.29) is 21.7 Å². The fourth-order valence-corrected chi connectivity index (χ4v) is 3.14. The Labute approximate surface area is 148 Å². The lowest BCUT2D eigenvalue weighted by Crippen LogP contribution is -2.18. The molecule has 0 atom stereocenters. The molecule has 2 aromatic rings. The summed E-state index contributed by atoms with van der Waals surface area (Å²) in [5.41, 5.74) is 1.67. The highest BCUT2D eigenvalue weighted by atomic mass is 32.2. The number of hydrogen-bond acceptors (Lipinski definition) is 4. The van der Waals surface area contributed by atoms with Crippen LogP contribution in [0.5, 0.6) is 5.75 Å². The van der Waals surface area contributed by atoms with Gasteiger partial charge in [0.25, 0.3) is 0 Å². The Kier molecular flexibility index (Phi) is 5.09. The monoisotopic (exact) mass is 343 g/mol. The molecule has 0 saturated heterocycles. The molecule has 2 rings (SSSR count). The minimum atomic E-state index is -0.254. The summed E-state index contributed by atoms with van der Waals surface area (Å²) in [5.74, 6) is 0.286. The molecule has 0 aliphatic carbocycles. The normalized spacial score (nSPS) is 12.2. The van der Waals surface area contributed by atoms with Crippen molar-refractivity contribution < 1.29 is 9.90 Å². The second-order valence-corrected chi connectivity index (χ2v) is 8.97. The predicted molar refractivity (Wildman–Crippen MR) is 99.9 cm³/mol. The van der Waals surface area contributed by atoms with Gasteiger partial charge in [0, 0.05) is 22.9 Å². The van der Waals surface area contributed by atoms with Gasteiger partial charge in [0.2, 0.25) is 5.12 Å². The summed E-state index contributed by atoms with van der Waals surface area (Å²) >= 11 is 1.11. The molecule has 4 heteroatoms. The first-order valence-electron chi connectivity index (χ1n) is 8.01. The van der Waals surface area contributed by atoms with E-state index in [0.29, 0.717) is 10.6 Å². The van der Waals surface area contributed by atoms with Crippen LogP contribution in [0.4, 0.5) is 0 Å². The molecule has 0 spiro atoms. The zero-order chi connectivity index (χ0) is 18.1. The summed E-state index contributed by atoms with van der Waals surface area (Å²) in [5, 5.41) is 11.3. The molecule has 0 saturated carbocycles. The predicted octanol–water partition coefficient (Wildman–Crippen LogP) is 5.31. The third kappa shape index (κ3) is 4.18. The van der Waals surface area contributed by atoms with Gasteiger partial charge in [-0.2, -0.15) is 0 Å². The van der Waals surface area contributed by atoms with E-state index >= 15 is 0 Å². The number of benzene rings is 1. The van der Waals surface area contributed by atoms with Gasteiger partial charge in [-0.15, -0.1) is 0 Å². The van der Waals surface area contributed by atoms with Crippen molar-refractivity contribution in [3.63, 3.8) is 0 Å². The van der Waals surface area contributed by atoms with Gasteiger partial charge in [-0.3, -0.25) is 4.79 Å². The summed E-state index contributed by atoms with van der Waals surface area (Å²) < 4.78 is 0. The number of aromatic nitrogens is 1. The number of pyridine rings is 1. The summed E-state index contributed by atoms with van der Waals surface area (Å²) in [6, 6.07) is 9.12. The van der Waals surface area contributed by atoms with Gasteiger partial charge < -0.3 is 5.11 Å². The fourth-order valence-electron chi connectivity index (χ4n) is 2.46. The van der Waals surface area contributed by atoms with E-state index in [1.807, 2.05) is 71.9 Å². The van der Waals surface area contributed by atoms with E-state index in [2.05, 4.69) is 4.98 Å². The van der Waals surface area contributed by atoms with Crippen LogP contribution in [0, 0.1) is 0 Å². The lowest BCUT2D eigenvalue weighted by atomic mass is 9.78. The van der Waals surface area contributed by atoms with Crippen LogP contribution < -0.4 is 0 Å². The van der Waals surface area contributed by atoms with Crippen LogP contribution in [0.15, 0.2) is 41.6 Å². The van der Waals surface area contributed by atoms with E-state index in [4.69, 9.17) is 0 Å². The minimum absolute atomic E-state index is 0.0651. The SMILES string of the molecule is CC(C)(C)c1cc(C(=O)Sc2ccccn2)cc(C(C)(C)C)c1O. The van der Waals surface area contributed by atoms with Gasteiger partial charge in [0.05, 0.1) is 0 Å². The van der Waals surface area contributed by atoms with Gasteiger partial charge in [0.15, 0.2) is 0 Å². The molecular weight excluding hydrogens is 318 g/mol. The first-order valence-corrected chi connectivity index (χ1v) is 8.83. The minimum Gasteiger partial charge on any atom is -0.507 e. The largest absolute Gasteiger partial charge is 0.507 e. The maximum atomic E-state index is 12.7. The quantitative estimate of drug-likeness (QED) is 0.750. The standard InChI is InChI=1S/C20H25NO2S/c1-19(2,3)14-11-13(12-15(17(14)22)20(4,5)6)18(23)24-16-9-7-8-10-21-16/h7-12,22H,1-6H3. The van der Waals surface area contributed by atoms with Gasteiger partial charge in [-0.25, -0.2) is 4.98 Å². The number of aromatic hydroxyl groups is 1. The third-order valence-corrected chi connectivity index (χ3v) is 4.67. The second kappa shape index (κ2) is 6.60. The molecule has 24 heavy (non-hydrogen) atoms. The molecule has 0 aliphatic rings. The van der Waals surface area contributed by atoms with Crippen molar-refractivity contribution in [1.29, 1.82) is 0 Å². The number of hydrogen-bond donors (Lipinski definition) is 1. The molecule has 0 fully saturated rings. The van der Waals surface area contributed by atoms with Crippen LogP contribution in [-0.2, 0) is 10.8 Å². The Morgan fingerprint density at radius 3 is 1.96 bits per heavy atom. The maximum Gasteiger partial charge on any atom is 0.225 e. The molecule has 1 N–H and O–H groups in total. The Morgan fingerprint density at radius 1 is 1.00 bits per heavy atom. The number of carbonyl (C=O) groups is 1. The first kappa shape index (κ1) is 18.5. The average Bonchev–Trinajstić information content (AvgIpc) is 2.46. The Bertz CT molecular complexity index is 705. The summed E-state index contributed by atoms with van der Waals surface area (Å²) in [7, 11) is 0. The summed E-state index contributed by atoms with van der Waals surface area (Å²) in [6.45, 7) is 12.2. The topological polar surface area (TPSA) is 50.2 Å². The fraction of sp³-hybridized carbons (Fsp3) is 0.400. The smallest absolute Gasteiger partial charge is 0.225 e. The second-order valence-electron chi connectivity index (χ2n) is 7.98. The number of phenols is 1. The number of rotatable bonds is 2. The number of nitrogens with zero attached hydrogens (tertiary/aromatic N) is 1. The number of carbonyl (C=O) groups excluding carboxylic acids is 1. The molecule has 1 aromatic heterocycles. The molecule has 0 radical (unpaired) electrons. The zero-order valence-corrected chi connectivity index (χ0v) is 16.0. The summed E-state index contributed by atoms with van der Waals surface area (Å²) in [4.78, 5) is 16.9. The molecule has 0 bridgehead atoms. The highest BCUT2D eigenvalue weighted by Crippen LogP contribution is 2.40. The molecule has 1 aromatic carbocycles. The highest BCUT2D eigenvalue weighted by Gasteiger charge is 2.28. The summed E-state index contributed by atoms with van der Waals surface area (Å²) in [6.07, 6.45) is 1.67. The van der Waals surface area contributed by atoms with Gasteiger partial charge in [-0.1, -0.05) is 47.6 Å². The van der Waals surface area contributed by atoms with Crippen molar-refractivity contribution in [2.75, 3.05) is 0 Å². The molecule has 3 nitrogen and oxygen atoms in total. The van der Waals surface area contributed by atoms with E-state index in [1.54, 1.807) is 6.20 Å². The average molecular weight is 343 g/mol. The highest BCUT2D eigenvalue weighted by molar-refractivity contribution is 8.14.